The zero-order chi connectivity index (χ0) is 26.0. The van der Waals surface area contributed by atoms with Crippen molar-refractivity contribution >= 4 is 45.4 Å². The number of hydrogen-bond acceptors (Lipinski definition) is 5. The Kier molecular flexibility index (Phi) is 7.53. The molecule has 0 bridgehead atoms. The molecule has 1 N–H and O–H groups in total. The first kappa shape index (κ1) is 25.9. The van der Waals surface area contributed by atoms with Gasteiger partial charge in [-0.05, 0) is 62.2 Å². The number of benzene rings is 2. The summed E-state index contributed by atoms with van der Waals surface area (Å²) in [7, 11) is -4.04. The molecule has 12 heteroatoms. The van der Waals surface area contributed by atoms with E-state index in [1.807, 2.05) is 0 Å². The maximum absolute atomic E-state index is 13.9. The van der Waals surface area contributed by atoms with Crippen molar-refractivity contribution in [2.45, 2.75) is 24.7 Å². The quantitative estimate of drug-likeness (QED) is 0.461. The summed E-state index contributed by atoms with van der Waals surface area (Å²) in [6.45, 7) is 1.62. The van der Waals surface area contributed by atoms with Crippen molar-refractivity contribution in [1.29, 1.82) is 0 Å². The second-order valence-electron chi connectivity index (χ2n) is 8.26. The van der Waals surface area contributed by atoms with Crippen LogP contribution in [0.15, 0.2) is 45.8 Å². The molecule has 3 aromatic rings. The van der Waals surface area contributed by atoms with E-state index in [-0.39, 0.29) is 58.8 Å². The summed E-state index contributed by atoms with van der Waals surface area (Å²) in [5.74, 6) is -3.01. The molecular formula is C24H21ClF3N3O4S. The van der Waals surface area contributed by atoms with Crippen molar-refractivity contribution in [2.75, 3.05) is 18.4 Å². The summed E-state index contributed by atoms with van der Waals surface area (Å²) in [6, 6.07) is 6.85. The third-order valence-electron chi connectivity index (χ3n) is 5.82. The molecule has 1 amide bonds. The SMILES string of the molecule is Cc1noc(/C=C/c2ccc(F)cc2F)c1S(=O)(=O)N1CCC(C(=O)Nc2ccc(F)c(Cl)c2)CC1. The van der Waals surface area contributed by atoms with Gasteiger partial charge in [-0.3, -0.25) is 4.79 Å². The third-order valence-corrected chi connectivity index (χ3v) is 8.17. The molecule has 4 rings (SSSR count). The Balaban J connectivity index is 1.46. The first-order chi connectivity index (χ1) is 17.1. The number of sulfonamides is 1. The highest BCUT2D eigenvalue weighted by Crippen LogP contribution is 2.30. The predicted molar refractivity (Wildman–Crippen MR) is 128 cm³/mol. The van der Waals surface area contributed by atoms with Crippen molar-refractivity contribution in [3.63, 3.8) is 0 Å². The minimum absolute atomic E-state index is 0.0445. The average Bonchev–Trinajstić information content (AvgIpc) is 3.22. The van der Waals surface area contributed by atoms with Gasteiger partial charge in [-0.1, -0.05) is 16.8 Å². The van der Waals surface area contributed by atoms with Crippen LogP contribution in [0.4, 0.5) is 18.9 Å². The van der Waals surface area contributed by atoms with E-state index in [0.717, 1.165) is 12.1 Å². The number of carbonyl (C=O) groups excluding carboxylic acids is 1. The number of anilines is 1. The van der Waals surface area contributed by atoms with Crippen LogP contribution in [0.3, 0.4) is 0 Å². The monoisotopic (exact) mass is 539 g/mol. The number of piperidine rings is 1. The Morgan fingerprint density at radius 3 is 2.50 bits per heavy atom. The molecule has 0 unspecified atom stereocenters. The van der Waals surface area contributed by atoms with Crippen LogP contribution in [0.25, 0.3) is 12.2 Å². The Hall–Kier alpha value is -3.15. The summed E-state index contributed by atoms with van der Waals surface area (Å²) in [5, 5.41) is 6.29. The summed E-state index contributed by atoms with van der Waals surface area (Å²) >= 11 is 5.75. The van der Waals surface area contributed by atoms with Gasteiger partial charge in [0.25, 0.3) is 0 Å². The van der Waals surface area contributed by atoms with E-state index < -0.39 is 33.4 Å². The second-order valence-corrected chi connectivity index (χ2v) is 10.5. The lowest BCUT2D eigenvalue weighted by atomic mass is 9.97. The molecule has 36 heavy (non-hydrogen) atoms. The number of amides is 1. The number of carbonyl (C=O) groups is 1. The second kappa shape index (κ2) is 10.5. The molecule has 1 aliphatic heterocycles. The van der Waals surface area contributed by atoms with Crippen LogP contribution in [-0.2, 0) is 14.8 Å². The molecule has 2 heterocycles. The van der Waals surface area contributed by atoms with Crippen LogP contribution < -0.4 is 5.32 Å². The fourth-order valence-electron chi connectivity index (χ4n) is 3.91. The lowest BCUT2D eigenvalue weighted by Crippen LogP contribution is -2.41. The largest absolute Gasteiger partial charge is 0.355 e. The van der Waals surface area contributed by atoms with Crippen LogP contribution in [0.1, 0.15) is 29.9 Å². The molecule has 0 aliphatic carbocycles. The predicted octanol–water partition coefficient (Wildman–Crippen LogP) is 5.26. The van der Waals surface area contributed by atoms with Crippen LogP contribution in [0.5, 0.6) is 0 Å². The first-order valence-electron chi connectivity index (χ1n) is 10.9. The standard InChI is InChI=1S/C24H21ClF3N3O4S/c1-14-23(22(35-30-14)7-3-15-2-4-17(26)12-21(15)28)36(33,34)31-10-8-16(9-11-31)24(32)29-18-5-6-20(27)19(25)13-18/h2-7,12-13,16H,8-11H2,1H3,(H,29,32)/b7-3+. The normalized spacial score (nSPS) is 15.5. The lowest BCUT2D eigenvalue weighted by Gasteiger charge is -2.30. The van der Waals surface area contributed by atoms with Gasteiger partial charge >= 0.3 is 0 Å². The summed E-state index contributed by atoms with van der Waals surface area (Å²) in [6.07, 6.45) is 3.05. The number of nitrogens with one attached hydrogen (secondary N) is 1. The van der Waals surface area contributed by atoms with E-state index >= 15 is 0 Å². The molecule has 190 valence electrons. The fraction of sp³-hybridized carbons (Fsp3) is 0.250. The van der Waals surface area contributed by atoms with Crippen molar-refractivity contribution < 1.29 is 30.9 Å². The van der Waals surface area contributed by atoms with Crippen LogP contribution in [0, 0.1) is 30.3 Å². The number of aryl methyl sites for hydroxylation is 1. The number of nitrogens with zero attached hydrogens (tertiary/aromatic N) is 2. The Bertz CT molecular complexity index is 1430. The van der Waals surface area contributed by atoms with Crippen molar-refractivity contribution in [3.8, 4) is 0 Å². The molecule has 7 nitrogen and oxygen atoms in total. The van der Waals surface area contributed by atoms with E-state index in [4.69, 9.17) is 16.1 Å². The Morgan fingerprint density at radius 1 is 1.11 bits per heavy atom. The number of aromatic nitrogens is 1. The molecule has 1 aromatic heterocycles. The van der Waals surface area contributed by atoms with Crippen molar-refractivity contribution in [2.24, 2.45) is 5.92 Å². The lowest BCUT2D eigenvalue weighted by molar-refractivity contribution is -0.120. The van der Waals surface area contributed by atoms with Gasteiger partial charge in [0.05, 0.1) is 5.02 Å². The minimum Gasteiger partial charge on any atom is -0.355 e. The van der Waals surface area contributed by atoms with Gasteiger partial charge in [-0.25, -0.2) is 21.6 Å². The van der Waals surface area contributed by atoms with Crippen molar-refractivity contribution in [1.82, 2.24) is 9.46 Å². The molecule has 0 radical (unpaired) electrons. The highest BCUT2D eigenvalue weighted by atomic mass is 35.5. The first-order valence-corrected chi connectivity index (χ1v) is 12.7. The summed E-state index contributed by atoms with van der Waals surface area (Å²) < 4.78 is 73.5. The molecule has 0 atom stereocenters. The smallest absolute Gasteiger partial charge is 0.248 e. The van der Waals surface area contributed by atoms with Gasteiger partial charge in [0.2, 0.25) is 15.9 Å². The molecular weight excluding hydrogens is 519 g/mol. The highest BCUT2D eigenvalue weighted by Gasteiger charge is 2.36. The van der Waals surface area contributed by atoms with Crippen LogP contribution in [-0.4, -0.2) is 36.9 Å². The van der Waals surface area contributed by atoms with Crippen LogP contribution in [0.2, 0.25) is 5.02 Å². The Labute approximate surface area is 210 Å². The highest BCUT2D eigenvalue weighted by molar-refractivity contribution is 7.89. The number of rotatable bonds is 6. The number of halogens is 4. The summed E-state index contributed by atoms with van der Waals surface area (Å²) in [5.41, 5.74) is 0.515. The topological polar surface area (TPSA) is 92.5 Å². The zero-order valence-corrected chi connectivity index (χ0v) is 20.5. The van der Waals surface area contributed by atoms with E-state index in [0.29, 0.717) is 11.8 Å². The number of hydrogen-bond donors (Lipinski definition) is 1. The van der Waals surface area contributed by atoms with E-state index in [1.54, 1.807) is 0 Å². The van der Waals surface area contributed by atoms with Gasteiger partial charge in [0.1, 0.15) is 23.1 Å². The average molecular weight is 540 g/mol. The Morgan fingerprint density at radius 2 is 1.83 bits per heavy atom. The molecule has 2 aromatic carbocycles. The van der Waals surface area contributed by atoms with Crippen molar-refractivity contribution in [3.05, 3.63) is 75.9 Å². The molecule has 1 fully saturated rings. The van der Waals surface area contributed by atoms with E-state index in [1.165, 1.54) is 41.6 Å². The fourth-order valence-corrected chi connectivity index (χ4v) is 5.81. The minimum atomic E-state index is -4.04. The van der Waals surface area contributed by atoms with Gasteiger partial charge in [0, 0.05) is 36.3 Å². The molecule has 1 saturated heterocycles. The van der Waals surface area contributed by atoms with E-state index in [9.17, 15) is 26.4 Å². The van der Waals surface area contributed by atoms with Crippen LogP contribution >= 0.6 is 11.6 Å². The third kappa shape index (κ3) is 5.48. The zero-order valence-electron chi connectivity index (χ0n) is 19.0. The summed E-state index contributed by atoms with van der Waals surface area (Å²) in [4.78, 5) is 12.5. The molecule has 0 spiro atoms. The maximum Gasteiger partial charge on any atom is 0.248 e. The van der Waals surface area contributed by atoms with Gasteiger partial charge in [-0.15, -0.1) is 0 Å². The van der Waals surface area contributed by atoms with Gasteiger partial charge in [0.15, 0.2) is 10.7 Å². The van der Waals surface area contributed by atoms with Gasteiger partial charge < -0.3 is 9.84 Å². The van der Waals surface area contributed by atoms with E-state index in [2.05, 4.69) is 10.5 Å². The van der Waals surface area contributed by atoms with Gasteiger partial charge in [-0.2, -0.15) is 4.31 Å². The molecule has 1 aliphatic rings. The molecule has 0 saturated carbocycles. The maximum atomic E-state index is 13.9.